The minimum Gasteiger partial charge on any atom is -0.351 e. The average Bonchev–Trinajstić information content (AvgIpc) is 3.32. The van der Waals surface area contributed by atoms with Crippen LogP contribution >= 0.6 is 11.8 Å². The molecule has 0 unspecified atom stereocenters. The number of nitrogens with one attached hydrogen (secondary N) is 1. The second-order valence-corrected chi connectivity index (χ2v) is 10.3. The number of aromatic nitrogens is 2. The van der Waals surface area contributed by atoms with Crippen molar-refractivity contribution in [3.63, 3.8) is 0 Å². The van der Waals surface area contributed by atoms with Gasteiger partial charge in [-0.1, -0.05) is 85.8 Å². The highest BCUT2D eigenvalue weighted by Crippen LogP contribution is 2.37. The number of nitrogens with zero attached hydrogens (tertiary/aromatic N) is 2. The third-order valence-electron chi connectivity index (χ3n) is 6.23. The molecule has 0 aliphatic heterocycles. The molecule has 0 aliphatic carbocycles. The number of halogens is 6. The number of rotatable bonds is 10. The van der Waals surface area contributed by atoms with Crippen molar-refractivity contribution in [2.24, 2.45) is 0 Å². The molecule has 0 aliphatic rings. The van der Waals surface area contributed by atoms with E-state index in [1.165, 1.54) is 11.8 Å². The number of carbonyl (C=O) groups is 1. The molecule has 0 radical (unpaired) electrons. The quantitative estimate of drug-likeness (QED) is 0.114. The summed E-state index contributed by atoms with van der Waals surface area (Å²) in [7, 11) is 0. The number of unbranched alkanes of at least 4 members (excludes halogenated alkanes) is 1. The summed E-state index contributed by atoms with van der Waals surface area (Å²) in [6.07, 6.45) is -8.22. The molecule has 0 spiro atoms. The fourth-order valence-corrected chi connectivity index (χ4v) is 5.13. The SMILES string of the molecule is CCCCn1c(SCCNC(=O)c2cc(C(F)(F)F)cc(C(F)(F)F)c2)nc(-c2ccccc2)c1-c1ccccc1. The molecule has 1 aromatic heterocycles. The van der Waals surface area contributed by atoms with E-state index in [9.17, 15) is 31.1 Å². The molecule has 0 atom stereocenters. The first-order valence-electron chi connectivity index (χ1n) is 12.9. The van der Waals surface area contributed by atoms with Crippen molar-refractivity contribution in [1.82, 2.24) is 14.9 Å². The molecule has 1 heterocycles. The van der Waals surface area contributed by atoms with Crippen molar-refractivity contribution >= 4 is 17.7 Å². The summed E-state index contributed by atoms with van der Waals surface area (Å²) in [5.41, 5.74) is -0.122. The monoisotopic (exact) mass is 591 g/mol. The molecular formula is C30H27F6N3OS. The lowest BCUT2D eigenvalue weighted by Crippen LogP contribution is -2.27. The van der Waals surface area contributed by atoms with E-state index in [1.54, 1.807) is 0 Å². The van der Waals surface area contributed by atoms with Crippen LogP contribution in [0.2, 0.25) is 0 Å². The van der Waals surface area contributed by atoms with E-state index < -0.39 is 35.0 Å². The lowest BCUT2D eigenvalue weighted by Gasteiger charge is -2.14. The van der Waals surface area contributed by atoms with Gasteiger partial charge in [-0.2, -0.15) is 26.3 Å². The van der Waals surface area contributed by atoms with Crippen molar-refractivity contribution in [2.45, 2.75) is 43.8 Å². The summed E-state index contributed by atoms with van der Waals surface area (Å²) in [6.45, 7) is 2.78. The average molecular weight is 592 g/mol. The Kier molecular flexibility index (Phi) is 9.47. The summed E-state index contributed by atoms with van der Waals surface area (Å²) in [4.78, 5) is 17.5. The molecule has 0 bridgehead atoms. The molecule has 216 valence electrons. The Morgan fingerprint density at radius 2 is 1.41 bits per heavy atom. The molecule has 4 rings (SSSR count). The van der Waals surface area contributed by atoms with E-state index in [0.29, 0.717) is 29.6 Å². The summed E-state index contributed by atoms with van der Waals surface area (Å²) in [5, 5.41) is 3.14. The Morgan fingerprint density at radius 1 is 0.854 bits per heavy atom. The molecular weight excluding hydrogens is 564 g/mol. The topological polar surface area (TPSA) is 46.9 Å². The van der Waals surface area contributed by atoms with Crippen molar-refractivity contribution in [3.8, 4) is 22.5 Å². The first-order chi connectivity index (χ1) is 19.5. The third-order valence-corrected chi connectivity index (χ3v) is 7.21. The normalized spacial score (nSPS) is 12.0. The number of alkyl halides is 6. The molecule has 4 nitrogen and oxygen atoms in total. The zero-order chi connectivity index (χ0) is 29.6. The first-order valence-corrected chi connectivity index (χ1v) is 13.9. The standard InChI is InChI=1S/C30H27F6N3OS/c1-2-3-15-39-26(21-12-8-5-9-13-21)25(20-10-6-4-7-11-20)38-28(39)41-16-14-37-27(40)22-17-23(29(31,32)33)19-24(18-22)30(34,35)36/h4-13,17-19H,2-3,14-16H2,1H3,(H,37,40). The molecule has 11 heteroatoms. The lowest BCUT2D eigenvalue weighted by molar-refractivity contribution is -0.143. The van der Waals surface area contributed by atoms with Gasteiger partial charge in [-0.15, -0.1) is 0 Å². The van der Waals surface area contributed by atoms with Gasteiger partial charge >= 0.3 is 12.4 Å². The molecule has 0 saturated heterocycles. The highest BCUT2D eigenvalue weighted by molar-refractivity contribution is 7.99. The van der Waals surface area contributed by atoms with Gasteiger partial charge in [-0.05, 0) is 24.6 Å². The van der Waals surface area contributed by atoms with Gasteiger partial charge in [0.15, 0.2) is 5.16 Å². The van der Waals surface area contributed by atoms with Crippen molar-refractivity contribution in [1.29, 1.82) is 0 Å². The fourth-order valence-electron chi connectivity index (χ4n) is 4.25. The van der Waals surface area contributed by atoms with Crippen molar-refractivity contribution in [3.05, 3.63) is 95.6 Å². The Morgan fingerprint density at radius 3 is 1.95 bits per heavy atom. The van der Waals surface area contributed by atoms with Crippen LogP contribution < -0.4 is 5.32 Å². The Balaban J connectivity index is 1.56. The van der Waals surface area contributed by atoms with Crippen LogP contribution in [0.15, 0.2) is 84.0 Å². The summed E-state index contributed by atoms with van der Waals surface area (Å²) in [5.74, 6) is -0.728. The molecule has 41 heavy (non-hydrogen) atoms. The van der Waals surface area contributed by atoms with Crippen LogP contribution in [0, 0.1) is 0 Å². The van der Waals surface area contributed by atoms with Crippen LogP contribution in [0.4, 0.5) is 26.3 Å². The number of benzene rings is 3. The first kappa shape index (κ1) is 30.2. The molecule has 1 amide bonds. The number of amides is 1. The molecule has 3 aromatic carbocycles. The summed E-state index contributed by atoms with van der Waals surface area (Å²) >= 11 is 1.35. The van der Waals surface area contributed by atoms with Crippen LogP contribution in [0.5, 0.6) is 0 Å². The maximum atomic E-state index is 13.2. The highest BCUT2D eigenvalue weighted by atomic mass is 32.2. The minimum atomic E-state index is -5.03. The maximum Gasteiger partial charge on any atom is 0.416 e. The minimum absolute atomic E-state index is 0.00258. The molecule has 4 aromatic rings. The highest BCUT2D eigenvalue weighted by Gasteiger charge is 2.37. The van der Waals surface area contributed by atoms with Crippen LogP contribution in [-0.2, 0) is 18.9 Å². The third kappa shape index (κ3) is 7.52. The predicted molar refractivity (Wildman–Crippen MR) is 148 cm³/mol. The van der Waals surface area contributed by atoms with E-state index in [2.05, 4.69) is 16.8 Å². The number of hydrogen-bond donors (Lipinski definition) is 1. The number of hydrogen-bond acceptors (Lipinski definition) is 3. The van der Waals surface area contributed by atoms with Gasteiger partial charge < -0.3 is 9.88 Å². The maximum absolute atomic E-state index is 13.2. The van der Waals surface area contributed by atoms with Gasteiger partial charge in [0.2, 0.25) is 0 Å². The molecule has 0 saturated carbocycles. The Hall–Kier alpha value is -3.73. The van der Waals surface area contributed by atoms with E-state index in [0.717, 1.165) is 35.4 Å². The van der Waals surface area contributed by atoms with Crippen LogP contribution in [0.3, 0.4) is 0 Å². The molecule has 0 fully saturated rings. The zero-order valence-electron chi connectivity index (χ0n) is 22.0. The Bertz CT molecular complexity index is 1440. The number of carbonyl (C=O) groups excluding carboxylic acids is 1. The lowest BCUT2D eigenvalue weighted by atomic mass is 10.0. The van der Waals surface area contributed by atoms with Gasteiger partial charge in [0.25, 0.3) is 5.91 Å². The van der Waals surface area contributed by atoms with E-state index in [-0.39, 0.29) is 12.6 Å². The second kappa shape index (κ2) is 12.8. The zero-order valence-corrected chi connectivity index (χ0v) is 22.8. The van der Waals surface area contributed by atoms with Gasteiger partial charge in [0.05, 0.1) is 22.5 Å². The van der Waals surface area contributed by atoms with Gasteiger partial charge in [0, 0.05) is 35.5 Å². The van der Waals surface area contributed by atoms with Crippen molar-refractivity contribution in [2.75, 3.05) is 12.3 Å². The van der Waals surface area contributed by atoms with Crippen LogP contribution in [0.1, 0.15) is 41.3 Å². The number of imidazole rings is 1. The largest absolute Gasteiger partial charge is 0.416 e. The summed E-state index contributed by atoms with van der Waals surface area (Å²) in [6, 6.07) is 20.4. The summed E-state index contributed by atoms with van der Waals surface area (Å²) < 4.78 is 81.3. The van der Waals surface area contributed by atoms with Gasteiger partial charge in [-0.25, -0.2) is 4.98 Å². The van der Waals surface area contributed by atoms with E-state index >= 15 is 0 Å². The number of thioether (sulfide) groups is 1. The van der Waals surface area contributed by atoms with Gasteiger partial charge in [-0.3, -0.25) is 4.79 Å². The van der Waals surface area contributed by atoms with Crippen LogP contribution in [0.25, 0.3) is 22.5 Å². The fraction of sp³-hybridized carbons (Fsp3) is 0.267. The van der Waals surface area contributed by atoms with Crippen LogP contribution in [-0.4, -0.2) is 27.8 Å². The molecule has 1 N–H and O–H groups in total. The van der Waals surface area contributed by atoms with E-state index in [1.807, 2.05) is 60.7 Å². The Labute approximate surface area is 237 Å². The smallest absolute Gasteiger partial charge is 0.351 e. The van der Waals surface area contributed by atoms with E-state index in [4.69, 9.17) is 4.98 Å². The van der Waals surface area contributed by atoms with Crippen molar-refractivity contribution < 1.29 is 31.1 Å². The predicted octanol–water partition coefficient (Wildman–Crippen LogP) is 8.58. The second-order valence-electron chi connectivity index (χ2n) is 9.23. The van der Waals surface area contributed by atoms with Gasteiger partial charge in [0.1, 0.15) is 0 Å².